The summed E-state index contributed by atoms with van der Waals surface area (Å²) in [6.07, 6.45) is 0.257. The van der Waals surface area contributed by atoms with Crippen LogP contribution in [0.1, 0.15) is 20.3 Å². The van der Waals surface area contributed by atoms with Crippen LogP contribution in [0.5, 0.6) is 0 Å². The van der Waals surface area contributed by atoms with Gasteiger partial charge in [-0.1, -0.05) is 0 Å². The molecule has 1 atom stereocenters. The lowest BCUT2D eigenvalue weighted by atomic mass is 10.1. The summed E-state index contributed by atoms with van der Waals surface area (Å²) < 4.78 is 0. The molecule has 1 aliphatic heterocycles. The maximum atomic E-state index is 11.7. The monoisotopic (exact) mass is 213 g/mol. The summed E-state index contributed by atoms with van der Waals surface area (Å²) in [6, 6.07) is -0.355. The second-order valence-corrected chi connectivity index (χ2v) is 3.57. The zero-order chi connectivity index (χ0) is 11.3. The normalized spacial score (nSPS) is 20.9. The van der Waals surface area contributed by atoms with Crippen LogP contribution < -0.4 is 10.6 Å². The molecule has 0 bridgehead atoms. The van der Waals surface area contributed by atoms with E-state index in [1.807, 2.05) is 13.8 Å². The Labute approximate surface area is 90.2 Å². The average Bonchev–Trinajstić information content (AvgIpc) is 2.23. The maximum absolute atomic E-state index is 11.7. The molecule has 5 nitrogen and oxygen atoms in total. The second kappa shape index (κ2) is 5.70. The Hall–Kier alpha value is -1.10. The fraction of sp³-hybridized carbons (Fsp3) is 0.800. The molecule has 0 aromatic carbocycles. The Kier molecular flexibility index (Phi) is 4.55. The highest BCUT2D eigenvalue weighted by molar-refractivity contribution is 5.88. The van der Waals surface area contributed by atoms with Crippen LogP contribution in [0, 0.1) is 0 Å². The molecule has 1 heterocycles. The lowest BCUT2D eigenvalue weighted by Gasteiger charge is -2.26. The Morgan fingerprint density at radius 2 is 2.07 bits per heavy atom. The van der Waals surface area contributed by atoms with Crippen molar-refractivity contribution in [3.8, 4) is 0 Å². The number of hydrogen-bond acceptors (Lipinski definition) is 3. The standard InChI is InChI=1S/C10H19N3O2/c1-3-13(4-2)9(14)7-8-10(15)12-6-5-11-8/h8,11H,3-7H2,1-2H3,(H,12,15). The van der Waals surface area contributed by atoms with Gasteiger partial charge in [0.2, 0.25) is 11.8 Å². The number of nitrogens with one attached hydrogen (secondary N) is 2. The smallest absolute Gasteiger partial charge is 0.237 e. The third-order valence-corrected chi connectivity index (χ3v) is 2.63. The van der Waals surface area contributed by atoms with Gasteiger partial charge in [-0.25, -0.2) is 0 Å². The van der Waals surface area contributed by atoms with Gasteiger partial charge in [0.05, 0.1) is 12.5 Å². The molecule has 1 saturated heterocycles. The van der Waals surface area contributed by atoms with Crippen molar-refractivity contribution >= 4 is 11.8 Å². The molecular weight excluding hydrogens is 194 g/mol. The molecule has 2 amide bonds. The highest BCUT2D eigenvalue weighted by Gasteiger charge is 2.25. The third-order valence-electron chi connectivity index (χ3n) is 2.63. The zero-order valence-electron chi connectivity index (χ0n) is 9.38. The van der Waals surface area contributed by atoms with Crippen LogP contribution in [0.2, 0.25) is 0 Å². The maximum Gasteiger partial charge on any atom is 0.237 e. The van der Waals surface area contributed by atoms with E-state index in [-0.39, 0.29) is 24.3 Å². The number of hydrogen-bond donors (Lipinski definition) is 2. The molecule has 1 unspecified atom stereocenters. The summed E-state index contributed by atoms with van der Waals surface area (Å²) in [5, 5.41) is 5.78. The summed E-state index contributed by atoms with van der Waals surface area (Å²) in [4.78, 5) is 24.8. The number of piperazine rings is 1. The number of carbonyl (C=O) groups excluding carboxylic acids is 2. The van der Waals surface area contributed by atoms with Crippen molar-refractivity contribution in [2.45, 2.75) is 26.3 Å². The summed E-state index contributed by atoms with van der Waals surface area (Å²) >= 11 is 0. The fourth-order valence-electron chi connectivity index (χ4n) is 1.69. The summed E-state index contributed by atoms with van der Waals surface area (Å²) in [5.74, 6) is -0.0312. The van der Waals surface area contributed by atoms with Crippen LogP contribution in [0.15, 0.2) is 0 Å². The van der Waals surface area contributed by atoms with Crippen molar-refractivity contribution in [3.63, 3.8) is 0 Å². The Morgan fingerprint density at radius 1 is 1.40 bits per heavy atom. The quantitative estimate of drug-likeness (QED) is 0.651. The highest BCUT2D eigenvalue weighted by Crippen LogP contribution is 2.01. The third kappa shape index (κ3) is 3.20. The molecule has 1 aliphatic rings. The van der Waals surface area contributed by atoms with Crippen molar-refractivity contribution in [1.82, 2.24) is 15.5 Å². The molecule has 0 aliphatic carbocycles. The van der Waals surface area contributed by atoms with Crippen LogP contribution >= 0.6 is 0 Å². The van der Waals surface area contributed by atoms with E-state index in [9.17, 15) is 9.59 Å². The molecule has 0 aromatic rings. The molecule has 0 saturated carbocycles. The van der Waals surface area contributed by atoms with Crippen LogP contribution in [0.25, 0.3) is 0 Å². The van der Waals surface area contributed by atoms with Gasteiger partial charge in [0.25, 0.3) is 0 Å². The van der Waals surface area contributed by atoms with Gasteiger partial charge in [-0.15, -0.1) is 0 Å². The highest BCUT2D eigenvalue weighted by atomic mass is 16.2. The lowest BCUT2D eigenvalue weighted by molar-refractivity contribution is -0.135. The van der Waals surface area contributed by atoms with Gasteiger partial charge in [-0.3, -0.25) is 9.59 Å². The van der Waals surface area contributed by atoms with E-state index >= 15 is 0 Å². The van der Waals surface area contributed by atoms with Crippen LogP contribution in [0.4, 0.5) is 0 Å². The van der Waals surface area contributed by atoms with E-state index in [1.54, 1.807) is 4.90 Å². The number of rotatable bonds is 4. The zero-order valence-corrected chi connectivity index (χ0v) is 9.38. The second-order valence-electron chi connectivity index (χ2n) is 3.57. The SMILES string of the molecule is CCN(CC)C(=O)CC1NCCNC1=O. The molecule has 0 spiro atoms. The van der Waals surface area contributed by atoms with Crippen molar-refractivity contribution < 1.29 is 9.59 Å². The van der Waals surface area contributed by atoms with Crippen LogP contribution in [-0.2, 0) is 9.59 Å². The number of carbonyl (C=O) groups is 2. The first kappa shape index (κ1) is 12.0. The van der Waals surface area contributed by atoms with Gasteiger partial charge in [0.1, 0.15) is 0 Å². The molecule has 86 valence electrons. The lowest BCUT2D eigenvalue weighted by Crippen LogP contribution is -2.54. The minimum Gasteiger partial charge on any atom is -0.353 e. The largest absolute Gasteiger partial charge is 0.353 e. The first-order chi connectivity index (χ1) is 7.19. The first-order valence-electron chi connectivity index (χ1n) is 5.47. The molecule has 5 heteroatoms. The van der Waals surface area contributed by atoms with Gasteiger partial charge in [-0.2, -0.15) is 0 Å². The van der Waals surface area contributed by atoms with Crippen molar-refractivity contribution in [2.24, 2.45) is 0 Å². The van der Waals surface area contributed by atoms with Gasteiger partial charge < -0.3 is 15.5 Å². The molecule has 1 fully saturated rings. The molecule has 1 rings (SSSR count). The fourth-order valence-corrected chi connectivity index (χ4v) is 1.69. The Bertz CT molecular complexity index is 239. The van der Waals surface area contributed by atoms with E-state index in [0.717, 1.165) is 6.54 Å². The molecule has 2 N–H and O–H groups in total. The van der Waals surface area contributed by atoms with Crippen LogP contribution in [0.3, 0.4) is 0 Å². The average molecular weight is 213 g/mol. The number of amides is 2. The van der Waals surface area contributed by atoms with Crippen molar-refractivity contribution in [3.05, 3.63) is 0 Å². The molecule has 0 radical (unpaired) electrons. The predicted octanol–water partition coefficient (Wildman–Crippen LogP) is -0.667. The molecular formula is C10H19N3O2. The van der Waals surface area contributed by atoms with Crippen LogP contribution in [-0.4, -0.2) is 48.9 Å². The number of nitrogens with zero attached hydrogens (tertiary/aromatic N) is 1. The Morgan fingerprint density at radius 3 is 2.60 bits per heavy atom. The van der Waals surface area contributed by atoms with Gasteiger partial charge in [-0.05, 0) is 13.8 Å². The summed E-state index contributed by atoms with van der Waals surface area (Å²) in [5.41, 5.74) is 0. The van der Waals surface area contributed by atoms with E-state index in [0.29, 0.717) is 19.6 Å². The Balaban J connectivity index is 2.45. The van der Waals surface area contributed by atoms with Gasteiger partial charge in [0.15, 0.2) is 0 Å². The predicted molar refractivity (Wildman–Crippen MR) is 57.3 cm³/mol. The molecule has 0 aromatic heterocycles. The van der Waals surface area contributed by atoms with E-state index < -0.39 is 0 Å². The topological polar surface area (TPSA) is 61.4 Å². The minimum absolute atomic E-state index is 0.0366. The van der Waals surface area contributed by atoms with E-state index in [1.165, 1.54) is 0 Å². The van der Waals surface area contributed by atoms with Crippen molar-refractivity contribution in [1.29, 1.82) is 0 Å². The van der Waals surface area contributed by atoms with Crippen molar-refractivity contribution in [2.75, 3.05) is 26.2 Å². The summed E-state index contributed by atoms with van der Waals surface area (Å²) in [7, 11) is 0. The summed E-state index contributed by atoms with van der Waals surface area (Å²) in [6.45, 7) is 6.66. The minimum atomic E-state index is -0.355. The van der Waals surface area contributed by atoms with Gasteiger partial charge in [0, 0.05) is 26.2 Å². The first-order valence-corrected chi connectivity index (χ1v) is 5.47. The van der Waals surface area contributed by atoms with Gasteiger partial charge >= 0.3 is 0 Å². The van der Waals surface area contributed by atoms with E-state index in [4.69, 9.17) is 0 Å². The van der Waals surface area contributed by atoms with E-state index in [2.05, 4.69) is 10.6 Å². The molecule has 15 heavy (non-hydrogen) atoms.